The van der Waals surface area contributed by atoms with Crippen molar-refractivity contribution in [2.75, 3.05) is 26.2 Å². The number of rotatable bonds is 6. The predicted molar refractivity (Wildman–Crippen MR) is 75.6 cm³/mol. The molecule has 0 amide bonds. The number of morpholine rings is 1. The summed E-state index contributed by atoms with van der Waals surface area (Å²) in [5.74, 6) is 0. The minimum atomic E-state index is -3.21. The predicted octanol–water partition coefficient (Wildman–Crippen LogP) is 0.958. The van der Waals surface area contributed by atoms with Gasteiger partial charge in [0.25, 0.3) is 0 Å². The zero-order valence-corrected chi connectivity index (χ0v) is 12.8. The standard InChI is InChI=1S/C13H26N2O3S/c1-3-7-14-10-11(2)19(16,17)15-8-9-18-13-6-4-5-12(13)15/h11-14H,3-10H2,1-2H3. The Morgan fingerprint density at radius 1 is 1.42 bits per heavy atom. The van der Waals surface area contributed by atoms with Crippen LogP contribution in [0.2, 0.25) is 0 Å². The molecule has 5 nitrogen and oxygen atoms in total. The molecule has 2 rings (SSSR count). The maximum absolute atomic E-state index is 12.7. The van der Waals surface area contributed by atoms with Crippen LogP contribution in [0.25, 0.3) is 0 Å². The Bertz CT molecular complexity index is 385. The molecule has 6 heteroatoms. The molecule has 1 saturated carbocycles. The van der Waals surface area contributed by atoms with Crippen molar-refractivity contribution in [3.8, 4) is 0 Å². The number of fused-ring (bicyclic) bond motifs is 1. The lowest BCUT2D eigenvalue weighted by Crippen LogP contribution is -2.54. The second-order valence-corrected chi connectivity index (χ2v) is 7.88. The van der Waals surface area contributed by atoms with Crippen LogP contribution in [0.15, 0.2) is 0 Å². The number of nitrogens with zero attached hydrogens (tertiary/aromatic N) is 1. The van der Waals surface area contributed by atoms with Gasteiger partial charge in [0.05, 0.1) is 24.0 Å². The molecule has 1 N–H and O–H groups in total. The number of nitrogens with one attached hydrogen (secondary N) is 1. The Morgan fingerprint density at radius 2 is 2.21 bits per heavy atom. The van der Waals surface area contributed by atoms with E-state index in [0.29, 0.717) is 19.7 Å². The normalized spacial score (nSPS) is 30.2. The average molecular weight is 290 g/mol. The largest absolute Gasteiger partial charge is 0.375 e. The molecule has 0 aromatic rings. The molecule has 2 fully saturated rings. The van der Waals surface area contributed by atoms with Gasteiger partial charge in [-0.1, -0.05) is 6.92 Å². The lowest BCUT2D eigenvalue weighted by Gasteiger charge is -2.38. The van der Waals surface area contributed by atoms with E-state index in [1.165, 1.54) is 0 Å². The van der Waals surface area contributed by atoms with Crippen LogP contribution in [0.1, 0.15) is 39.5 Å². The minimum Gasteiger partial charge on any atom is -0.375 e. The van der Waals surface area contributed by atoms with Crippen LogP contribution < -0.4 is 5.32 Å². The summed E-state index contributed by atoms with van der Waals surface area (Å²) in [5, 5.41) is 2.84. The molecule has 0 spiro atoms. The first-order valence-electron chi connectivity index (χ1n) is 7.40. The molecule has 1 aliphatic heterocycles. The van der Waals surface area contributed by atoms with Crippen molar-refractivity contribution >= 4 is 10.0 Å². The van der Waals surface area contributed by atoms with Crippen LogP contribution in [-0.2, 0) is 14.8 Å². The van der Waals surface area contributed by atoms with Gasteiger partial charge in [-0.3, -0.25) is 0 Å². The minimum absolute atomic E-state index is 0.0763. The van der Waals surface area contributed by atoms with E-state index in [1.807, 2.05) is 0 Å². The molecule has 0 bridgehead atoms. The fourth-order valence-corrected chi connectivity index (χ4v) is 4.76. The molecular weight excluding hydrogens is 264 g/mol. The monoisotopic (exact) mass is 290 g/mol. The van der Waals surface area contributed by atoms with Crippen LogP contribution in [0.3, 0.4) is 0 Å². The highest BCUT2D eigenvalue weighted by Gasteiger charge is 2.43. The van der Waals surface area contributed by atoms with Crippen molar-refractivity contribution in [1.82, 2.24) is 9.62 Å². The van der Waals surface area contributed by atoms with E-state index in [1.54, 1.807) is 11.2 Å². The Labute approximate surface area is 116 Å². The molecule has 1 heterocycles. The zero-order chi connectivity index (χ0) is 13.9. The second-order valence-electron chi connectivity index (χ2n) is 5.58. The fourth-order valence-electron chi connectivity index (χ4n) is 3.02. The summed E-state index contributed by atoms with van der Waals surface area (Å²) in [6.45, 7) is 6.34. The van der Waals surface area contributed by atoms with Gasteiger partial charge in [-0.25, -0.2) is 8.42 Å². The molecule has 112 valence electrons. The highest BCUT2D eigenvalue weighted by Crippen LogP contribution is 2.32. The van der Waals surface area contributed by atoms with Crippen molar-refractivity contribution in [2.24, 2.45) is 0 Å². The molecule has 3 unspecified atom stereocenters. The first kappa shape index (κ1) is 15.2. The summed E-state index contributed by atoms with van der Waals surface area (Å²) in [6.07, 6.45) is 4.16. The summed E-state index contributed by atoms with van der Waals surface area (Å²) in [7, 11) is -3.21. The maximum atomic E-state index is 12.7. The molecule has 19 heavy (non-hydrogen) atoms. The van der Waals surface area contributed by atoms with Gasteiger partial charge in [0.1, 0.15) is 0 Å². The highest BCUT2D eigenvalue weighted by molar-refractivity contribution is 7.89. The molecule has 2 aliphatic rings. The Hall–Kier alpha value is -0.170. The third-order valence-corrected chi connectivity index (χ3v) is 6.42. The number of sulfonamides is 1. The highest BCUT2D eigenvalue weighted by atomic mass is 32.2. The third-order valence-electron chi connectivity index (χ3n) is 4.13. The average Bonchev–Trinajstić information content (AvgIpc) is 2.86. The second kappa shape index (κ2) is 6.52. The first-order chi connectivity index (χ1) is 9.07. The number of hydrogen-bond donors (Lipinski definition) is 1. The van der Waals surface area contributed by atoms with E-state index in [-0.39, 0.29) is 17.4 Å². The smallest absolute Gasteiger partial charge is 0.218 e. The van der Waals surface area contributed by atoms with Gasteiger partial charge < -0.3 is 10.1 Å². The van der Waals surface area contributed by atoms with Crippen LogP contribution in [0, 0.1) is 0 Å². The molecule has 3 atom stereocenters. The quantitative estimate of drug-likeness (QED) is 0.740. The van der Waals surface area contributed by atoms with E-state index >= 15 is 0 Å². The van der Waals surface area contributed by atoms with Crippen LogP contribution in [0.5, 0.6) is 0 Å². The Kier molecular flexibility index (Phi) is 5.22. The first-order valence-corrected chi connectivity index (χ1v) is 8.90. The van der Waals surface area contributed by atoms with Crippen molar-refractivity contribution in [2.45, 2.75) is 56.9 Å². The van der Waals surface area contributed by atoms with Crippen LogP contribution in [-0.4, -0.2) is 56.4 Å². The number of ether oxygens (including phenoxy) is 1. The van der Waals surface area contributed by atoms with E-state index in [2.05, 4.69) is 12.2 Å². The Morgan fingerprint density at radius 3 is 2.95 bits per heavy atom. The van der Waals surface area contributed by atoms with E-state index < -0.39 is 10.0 Å². The zero-order valence-electron chi connectivity index (χ0n) is 12.0. The summed E-state index contributed by atoms with van der Waals surface area (Å²) in [5.41, 5.74) is 0. The Balaban J connectivity index is 2.01. The molecular formula is C13H26N2O3S. The van der Waals surface area contributed by atoms with Gasteiger partial charge in [0.15, 0.2) is 0 Å². The SMILES string of the molecule is CCCNCC(C)S(=O)(=O)N1CCOC2CCCC21. The summed E-state index contributed by atoms with van der Waals surface area (Å²) >= 11 is 0. The molecule has 0 aromatic heterocycles. The van der Waals surface area contributed by atoms with E-state index in [9.17, 15) is 8.42 Å². The maximum Gasteiger partial charge on any atom is 0.218 e. The molecule has 1 saturated heterocycles. The van der Waals surface area contributed by atoms with Gasteiger partial charge >= 0.3 is 0 Å². The summed E-state index contributed by atoms with van der Waals surface area (Å²) in [4.78, 5) is 0. The van der Waals surface area contributed by atoms with Crippen molar-refractivity contribution in [3.05, 3.63) is 0 Å². The lowest BCUT2D eigenvalue weighted by molar-refractivity contribution is -0.0244. The summed E-state index contributed by atoms with van der Waals surface area (Å²) in [6, 6.07) is 0.0763. The third kappa shape index (κ3) is 3.29. The summed E-state index contributed by atoms with van der Waals surface area (Å²) < 4.78 is 32.7. The van der Waals surface area contributed by atoms with Crippen LogP contribution in [0.4, 0.5) is 0 Å². The molecule has 1 aliphatic carbocycles. The fraction of sp³-hybridized carbons (Fsp3) is 1.00. The topological polar surface area (TPSA) is 58.6 Å². The van der Waals surface area contributed by atoms with Gasteiger partial charge in [-0.2, -0.15) is 4.31 Å². The van der Waals surface area contributed by atoms with Crippen molar-refractivity contribution < 1.29 is 13.2 Å². The van der Waals surface area contributed by atoms with Crippen molar-refractivity contribution in [1.29, 1.82) is 0 Å². The van der Waals surface area contributed by atoms with Gasteiger partial charge in [0.2, 0.25) is 10.0 Å². The molecule has 0 radical (unpaired) electrons. The van der Waals surface area contributed by atoms with E-state index in [0.717, 1.165) is 32.2 Å². The van der Waals surface area contributed by atoms with Gasteiger partial charge in [-0.15, -0.1) is 0 Å². The van der Waals surface area contributed by atoms with E-state index in [4.69, 9.17) is 4.74 Å². The van der Waals surface area contributed by atoms with Crippen LogP contribution >= 0.6 is 0 Å². The van der Waals surface area contributed by atoms with Gasteiger partial charge in [-0.05, 0) is 39.2 Å². The van der Waals surface area contributed by atoms with Crippen molar-refractivity contribution in [3.63, 3.8) is 0 Å². The van der Waals surface area contributed by atoms with Gasteiger partial charge in [0, 0.05) is 13.1 Å². The number of hydrogen-bond acceptors (Lipinski definition) is 4. The molecule has 0 aromatic carbocycles. The lowest BCUT2D eigenvalue weighted by atomic mass is 10.2.